The Balaban J connectivity index is 1.94. The number of carbonyl (C=O) groups is 1. The van der Waals surface area contributed by atoms with Crippen molar-refractivity contribution in [3.8, 4) is 5.75 Å². The van der Waals surface area contributed by atoms with Crippen LogP contribution in [0.25, 0.3) is 0 Å². The van der Waals surface area contributed by atoms with E-state index in [1.54, 1.807) is 12.1 Å². The zero-order valence-electron chi connectivity index (χ0n) is 10.6. The zero-order valence-corrected chi connectivity index (χ0v) is 10.6. The van der Waals surface area contributed by atoms with E-state index in [0.29, 0.717) is 6.42 Å². The van der Waals surface area contributed by atoms with E-state index in [4.69, 9.17) is 10.8 Å². The third-order valence-corrected chi connectivity index (χ3v) is 2.71. The van der Waals surface area contributed by atoms with Crippen LogP contribution in [0, 0.1) is 5.82 Å². The summed E-state index contributed by atoms with van der Waals surface area (Å²) in [6.45, 7) is 0. The van der Waals surface area contributed by atoms with Gasteiger partial charge in [-0.05, 0) is 36.2 Å². The maximum absolute atomic E-state index is 12.7. The van der Waals surface area contributed by atoms with E-state index >= 15 is 0 Å². The number of halogens is 1. The van der Waals surface area contributed by atoms with Crippen LogP contribution in [0.15, 0.2) is 42.6 Å². The molecule has 1 amide bonds. The number of phenolic OH excluding ortho intramolecular Hbond substituents is 1. The predicted octanol–water partition coefficient (Wildman–Crippen LogP) is 1.43. The molecule has 0 aliphatic heterocycles. The molecule has 1 aromatic carbocycles. The monoisotopic (exact) mass is 275 g/mol. The van der Waals surface area contributed by atoms with Gasteiger partial charge < -0.3 is 16.2 Å². The first kappa shape index (κ1) is 14.0. The number of benzene rings is 1. The molecule has 5 nitrogen and oxygen atoms in total. The quantitative estimate of drug-likeness (QED) is 0.787. The molecule has 2 rings (SSSR count). The largest absolute Gasteiger partial charge is 0.508 e. The Bertz CT molecular complexity index is 584. The molecule has 0 aliphatic carbocycles. The van der Waals surface area contributed by atoms with Crippen molar-refractivity contribution >= 4 is 11.7 Å². The van der Waals surface area contributed by atoms with Crippen molar-refractivity contribution in [3.63, 3.8) is 0 Å². The zero-order chi connectivity index (χ0) is 14.5. The van der Waals surface area contributed by atoms with Gasteiger partial charge in [-0.3, -0.25) is 4.79 Å². The first-order chi connectivity index (χ1) is 9.54. The summed E-state index contributed by atoms with van der Waals surface area (Å²) in [5.41, 5.74) is 6.62. The predicted molar refractivity (Wildman–Crippen MR) is 72.6 cm³/mol. The van der Waals surface area contributed by atoms with Gasteiger partial charge in [-0.15, -0.1) is 0 Å². The lowest BCUT2D eigenvalue weighted by Gasteiger charge is -2.11. The molecule has 0 bridgehead atoms. The summed E-state index contributed by atoms with van der Waals surface area (Å²) in [4.78, 5) is 15.6. The van der Waals surface area contributed by atoms with Gasteiger partial charge in [0.1, 0.15) is 17.4 Å². The number of anilines is 1. The van der Waals surface area contributed by atoms with Gasteiger partial charge in [0.2, 0.25) is 5.91 Å². The number of aromatic nitrogens is 1. The minimum atomic E-state index is -0.758. The van der Waals surface area contributed by atoms with Gasteiger partial charge in [-0.2, -0.15) is 0 Å². The van der Waals surface area contributed by atoms with Crippen molar-refractivity contribution in [2.45, 2.75) is 12.5 Å². The van der Waals surface area contributed by atoms with Gasteiger partial charge in [0.25, 0.3) is 0 Å². The summed E-state index contributed by atoms with van der Waals surface area (Å²) in [5.74, 6) is -0.478. The highest BCUT2D eigenvalue weighted by Gasteiger charge is 2.14. The second kappa shape index (κ2) is 6.12. The molecule has 20 heavy (non-hydrogen) atoms. The standard InChI is InChI=1S/C14H14FN3O2/c15-10-3-6-13(17-8-10)18-14(20)12(16)7-9-1-4-11(19)5-2-9/h1-6,8,12,19H,7,16H2,(H,17,18,20)/t12-/m0/s1. The molecule has 0 aliphatic rings. The van der Waals surface area contributed by atoms with Gasteiger partial charge >= 0.3 is 0 Å². The van der Waals surface area contributed by atoms with Crippen LogP contribution in [0.4, 0.5) is 10.2 Å². The second-order valence-electron chi connectivity index (χ2n) is 4.33. The third-order valence-electron chi connectivity index (χ3n) is 2.71. The molecular weight excluding hydrogens is 261 g/mol. The average molecular weight is 275 g/mol. The van der Waals surface area contributed by atoms with Crippen molar-refractivity contribution in [2.75, 3.05) is 5.32 Å². The molecule has 0 saturated heterocycles. The van der Waals surface area contributed by atoms with E-state index < -0.39 is 17.8 Å². The van der Waals surface area contributed by atoms with Crippen molar-refractivity contribution in [1.82, 2.24) is 4.98 Å². The lowest BCUT2D eigenvalue weighted by Crippen LogP contribution is -2.37. The van der Waals surface area contributed by atoms with Gasteiger partial charge in [0.15, 0.2) is 0 Å². The van der Waals surface area contributed by atoms with Crippen LogP contribution in [-0.4, -0.2) is 22.0 Å². The van der Waals surface area contributed by atoms with E-state index in [9.17, 15) is 9.18 Å². The maximum Gasteiger partial charge on any atom is 0.242 e. The number of nitrogens with zero attached hydrogens (tertiary/aromatic N) is 1. The van der Waals surface area contributed by atoms with Gasteiger partial charge in [0.05, 0.1) is 12.2 Å². The number of hydrogen-bond donors (Lipinski definition) is 3. The van der Waals surface area contributed by atoms with Crippen LogP contribution in [0.3, 0.4) is 0 Å². The number of hydrogen-bond acceptors (Lipinski definition) is 4. The molecule has 1 atom stereocenters. The summed E-state index contributed by atoms with van der Waals surface area (Å²) >= 11 is 0. The molecule has 0 fully saturated rings. The highest BCUT2D eigenvalue weighted by molar-refractivity contribution is 5.94. The van der Waals surface area contributed by atoms with E-state index in [-0.39, 0.29) is 11.6 Å². The maximum atomic E-state index is 12.7. The van der Waals surface area contributed by atoms with Crippen LogP contribution >= 0.6 is 0 Å². The summed E-state index contributed by atoms with van der Waals surface area (Å²) in [6, 6.07) is 8.25. The molecule has 4 N–H and O–H groups in total. The molecule has 0 unspecified atom stereocenters. The molecule has 2 aromatic rings. The lowest BCUT2D eigenvalue weighted by molar-refractivity contribution is -0.117. The van der Waals surface area contributed by atoms with E-state index in [1.807, 2.05) is 0 Å². The molecule has 0 saturated carbocycles. The Morgan fingerprint density at radius 2 is 2.00 bits per heavy atom. The number of phenols is 1. The highest BCUT2D eigenvalue weighted by Crippen LogP contribution is 2.11. The summed E-state index contributed by atoms with van der Waals surface area (Å²) < 4.78 is 12.7. The summed E-state index contributed by atoms with van der Waals surface area (Å²) in [7, 11) is 0. The topological polar surface area (TPSA) is 88.2 Å². The van der Waals surface area contributed by atoms with E-state index in [1.165, 1.54) is 24.3 Å². The number of nitrogens with one attached hydrogen (secondary N) is 1. The van der Waals surface area contributed by atoms with Crippen LogP contribution in [0.2, 0.25) is 0 Å². The Kier molecular flexibility index (Phi) is 4.27. The van der Waals surface area contributed by atoms with E-state index in [0.717, 1.165) is 11.8 Å². The number of carbonyl (C=O) groups excluding carboxylic acids is 1. The first-order valence-electron chi connectivity index (χ1n) is 6.00. The molecule has 104 valence electrons. The Labute approximate surface area is 115 Å². The van der Waals surface area contributed by atoms with Crippen molar-refractivity contribution in [2.24, 2.45) is 5.73 Å². The van der Waals surface area contributed by atoms with Crippen LogP contribution in [0.5, 0.6) is 5.75 Å². The van der Waals surface area contributed by atoms with Gasteiger partial charge in [-0.25, -0.2) is 9.37 Å². The third kappa shape index (κ3) is 3.76. The fourth-order valence-corrected chi connectivity index (χ4v) is 1.65. The lowest BCUT2D eigenvalue weighted by atomic mass is 10.1. The number of amides is 1. The number of nitrogens with two attached hydrogens (primary N) is 1. The highest BCUT2D eigenvalue weighted by atomic mass is 19.1. The number of aromatic hydroxyl groups is 1. The summed E-state index contributed by atoms with van der Waals surface area (Å²) in [5, 5.41) is 11.7. The minimum Gasteiger partial charge on any atom is -0.508 e. The molecule has 6 heteroatoms. The first-order valence-corrected chi connectivity index (χ1v) is 6.00. The second-order valence-corrected chi connectivity index (χ2v) is 4.33. The smallest absolute Gasteiger partial charge is 0.242 e. The molecule has 1 heterocycles. The van der Waals surface area contributed by atoms with Crippen molar-refractivity contribution in [1.29, 1.82) is 0 Å². The Morgan fingerprint density at radius 1 is 1.30 bits per heavy atom. The normalized spacial score (nSPS) is 11.9. The van der Waals surface area contributed by atoms with Gasteiger partial charge in [-0.1, -0.05) is 12.1 Å². The van der Waals surface area contributed by atoms with Crippen LogP contribution in [0.1, 0.15) is 5.56 Å². The number of pyridine rings is 1. The molecular formula is C14H14FN3O2. The van der Waals surface area contributed by atoms with Crippen LogP contribution in [-0.2, 0) is 11.2 Å². The Morgan fingerprint density at radius 3 is 2.60 bits per heavy atom. The van der Waals surface area contributed by atoms with Crippen molar-refractivity contribution < 1.29 is 14.3 Å². The fourth-order valence-electron chi connectivity index (χ4n) is 1.65. The minimum absolute atomic E-state index is 0.155. The molecule has 0 spiro atoms. The molecule has 1 aromatic heterocycles. The van der Waals surface area contributed by atoms with Gasteiger partial charge in [0, 0.05) is 0 Å². The Hall–Kier alpha value is -2.47. The van der Waals surface area contributed by atoms with E-state index in [2.05, 4.69) is 10.3 Å². The molecule has 0 radical (unpaired) electrons. The van der Waals surface area contributed by atoms with Crippen molar-refractivity contribution in [3.05, 3.63) is 54.0 Å². The SMILES string of the molecule is N[C@@H](Cc1ccc(O)cc1)C(=O)Nc1ccc(F)cn1. The summed E-state index contributed by atoms with van der Waals surface area (Å²) in [6.07, 6.45) is 1.34. The van der Waals surface area contributed by atoms with Crippen LogP contribution < -0.4 is 11.1 Å². The fraction of sp³-hybridized carbons (Fsp3) is 0.143. The number of rotatable bonds is 4. The average Bonchev–Trinajstić information content (AvgIpc) is 2.44.